The quantitative estimate of drug-likeness (QED) is 0.730. The van der Waals surface area contributed by atoms with E-state index in [2.05, 4.69) is 15.3 Å². The Kier molecular flexibility index (Phi) is 5.64. The van der Waals surface area contributed by atoms with Gasteiger partial charge in [-0.3, -0.25) is 4.79 Å². The van der Waals surface area contributed by atoms with Crippen molar-refractivity contribution in [3.8, 4) is 11.3 Å². The van der Waals surface area contributed by atoms with E-state index >= 15 is 0 Å². The number of carboxylic acids is 1. The molecule has 3 rings (SSSR count). The fraction of sp³-hybridized carbons (Fsp3) is 0.474. The van der Waals surface area contributed by atoms with Gasteiger partial charge >= 0.3 is 5.97 Å². The first kappa shape index (κ1) is 16.7. The fourth-order valence-electron chi connectivity index (χ4n) is 3.25. The van der Waals surface area contributed by atoms with Gasteiger partial charge < -0.3 is 15.4 Å². The molecular weight excluding hydrogens is 302 g/mol. The highest BCUT2D eigenvalue weighted by Gasteiger charge is 2.13. The molecule has 0 atom stereocenters. The molecule has 3 N–H and O–H groups in total. The van der Waals surface area contributed by atoms with E-state index in [-0.39, 0.29) is 6.42 Å². The summed E-state index contributed by atoms with van der Waals surface area (Å²) in [7, 11) is 0. The molecule has 0 unspecified atom stereocenters. The van der Waals surface area contributed by atoms with Crippen molar-refractivity contribution < 1.29 is 9.90 Å². The third-order valence-corrected chi connectivity index (χ3v) is 4.77. The molecular formula is C19H25N3O2. The molecule has 0 radical (unpaired) electrons. The topological polar surface area (TPSA) is 78.0 Å². The minimum Gasteiger partial charge on any atom is -0.481 e. The van der Waals surface area contributed by atoms with Gasteiger partial charge in [0, 0.05) is 12.8 Å². The Hall–Kier alpha value is -2.14. The van der Waals surface area contributed by atoms with Crippen LogP contribution in [0.2, 0.25) is 0 Å². The van der Waals surface area contributed by atoms with Crippen LogP contribution in [0.3, 0.4) is 0 Å². The molecule has 2 aromatic rings. The third-order valence-electron chi connectivity index (χ3n) is 4.77. The van der Waals surface area contributed by atoms with Gasteiger partial charge in [0.1, 0.15) is 5.82 Å². The van der Waals surface area contributed by atoms with E-state index in [1.165, 1.54) is 19.3 Å². The van der Waals surface area contributed by atoms with Crippen LogP contribution in [-0.2, 0) is 17.6 Å². The summed E-state index contributed by atoms with van der Waals surface area (Å²) in [5, 5.41) is 12.1. The number of aromatic nitrogens is 2. The molecule has 1 fully saturated rings. The van der Waals surface area contributed by atoms with Gasteiger partial charge in [0.2, 0.25) is 0 Å². The second-order valence-electron chi connectivity index (χ2n) is 6.57. The number of nitrogens with zero attached hydrogens (tertiary/aromatic N) is 1. The molecule has 1 aliphatic rings. The predicted molar refractivity (Wildman–Crippen MR) is 93.9 cm³/mol. The summed E-state index contributed by atoms with van der Waals surface area (Å²) in [4.78, 5) is 18.6. The number of benzene rings is 1. The number of aryl methyl sites for hydroxylation is 2. The number of nitrogens with one attached hydrogen (secondary N) is 2. The first-order chi connectivity index (χ1) is 11.7. The highest BCUT2D eigenvalue weighted by molar-refractivity contribution is 5.67. The zero-order valence-electron chi connectivity index (χ0n) is 13.9. The van der Waals surface area contributed by atoms with Gasteiger partial charge in [0.25, 0.3) is 0 Å². The summed E-state index contributed by atoms with van der Waals surface area (Å²) < 4.78 is 0. The average Bonchev–Trinajstić information content (AvgIpc) is 3.08. The van der Waals surface area contributed by atoms with E-state index in [1.54, 1.807) is 0 Å². The van der Waals surface area contributed by atoms with E-state index in [4.69, 9.17) is 5.11 Å². The van der Waals surface area contributed by atoms with Gasteiger partial charge in [-0.05, 0) is 55.8 Å². The number of hydrogen-bond acceptors (Lipinski definition) is 3. The van der Waals surface area contributed by atoms with E-state index in [1.807, 2.05) is 30.5 Å². The van der Waals surface area contributed by atoms with Crippen molar-refractivity contribution in [1.82, 2.24) is 15.3 Å². The van der Waals surface area contributed by atoms with E-state index in [0.29, 0.717) is 6.42 Å². The summed E-state index contributed by atoms with van der Waals surface area (Å²) in [6.07, 6.45) is 7.37. The molecule has 5 heteroatoms. The molecule has 0 aliphatic carbocycles. The van der Waals surface area contributed by atoms with Crippen molar-refractivity contribution in [3.05, 3.63) is 41.9 Å². The molecule has 1 aliphatic heterocycles. The number of rotatable bonds is 7. The Morgan fingerprint density at radius 1 is 1.17 bits per heavy atom. The van der Waals surface area contributed by atoms with Crippen molar-refractivity contribution in [2.45, 2.75) is 38.5 Å². The van der Waals surface area contributed by atoms with Crippen molar-refractivity contribution in [1.29, 1.82) is 0 Å². The first-order valence-electron chi connectivity index (χ1n) is 8.76. The summed E-state index contributed by atoms with van der Waals surface area (Å²) in [5.41, 5.74) is 3.17. The molecule has 0 bridgehead atoms. The number of hydrogen-bond donors (Lipinski definition) is 3. The summed E-state index contributed by atoms with van der Waals surface area (Å²) in [6, 6.07) is 8.05. The largest absolute Gasteiger partial charge is 0.481 e. The molecule has 5 nitrogen and oxygen atoms in total. The van der Waals surface area contributed by atoms with Crippen molar-refractivity contribution in [3.63, 3.8) is 0 Å². The van der Waals surface area contributed by atoms with Gasteiger partial charge in [-0.15, -0.1) is 0 Å². The molecule has 128 valence electrons. The second kappa shape index (κ2) is 8.11. The Bertz CT molecular complexity index is 658. The van der Waals surface area contributed by atoms with Crippen LogP contribution in [0.5, 0.6) is 0 Å². The predicted octanol–water partition coefficient (Wildman–Crippen LogP) is 3.03. The van der Waals surface area contributed by atoms with Crippen LogP contribution in [0.4, 0.5) is 0 Å². The van der Waals surface area contributed by atoms with Crippen molar-refractivity contribution >= 4 is 5.97 Å². The Balaban J connectivity index is 1.55. The van der Waals surface area contributed by atoms with Crippen LogP contribution in [0, 0.1) is 5.92 Å². The average molecular weight is 327 g/mol. The van der Waals surface area contributed by atoms with Gasteiger partial charge in [-0.1, -0.05) is 24.3 Å². The molecule has 1 aromatic heterocycles. The van der Waals surface area contributed by atoms with E-state index in [9.17, 15) is 4.79 Å². The Labute approximate surface area is 142 Å². The van der Waals surface area contributed by atoms with Crippen LogP contribution in [0.25, 0.3) is 11.3 Å². The monoisotopic (exact) mass is 327 g/mol. The highest BCUT2D eigenvalue weighted by atomic mass is 16.4. The zero-order valence-corrected chi connectivity index (χ0v) is 13.9. The lowest BCUT2D eigenvalue weighted by molar-refractivity contribution is -0.136. The number of carboxylic acid groups (broad SMARTS) is 1. The number of aliphatic carboxylic acids is 1. The summed E-state index contributed by atoms with van der Waals surface area (Å²) >= 11 is 0. The maximum atomic E-state index is 10.6. The smallest absolute Gasteiger partial charge is 0.303 e. The molecule has 1 saturated heterocycles. The molecule has 1 aromatic carbocycles. The van der Waals surface area contributed by atoms with Crippen LogP contribution in [-0.4, -0.2) is 34.1 Å². The normalized spacial score (nSPS) is 15.5. The van der Waals surface area contributed by atoms with Crippen molar-refractivity contribution in [2.24, 2.45) is 5.92 Å². The lowest BCUT2D eigenvalue weighted by Crippen LogP contribution is -2.27. The molecule has 0 spiro atoms. The van der Waals surface area contributed by atoms with Gasteiger partial charge in [0.15, 0.2) is 0 Å². The molecule has 2 heterocycles. The fourth-order valence-corrected chi connectivity index (χ4v) is 3.25. The summed E-state index contributed by atoms with van der Waals surface area (Å²) in [6.45, 7) is 2.28. The van der Waals surface area contributed by atoms with E-state index in [0.717, 1.165) is 48.1 Å². The third kappa shape index (κ3) is 4.68. The number of piperidine rings is 1. The number of aromatic amines is 1. The minimum atomic E-state index is -0.758. The van der Waals surface area contributed by atoms with Crippen molar-refractivity contribution in [2.75, 3.05) is 13.1 Å². The van der Waals surface area contributed by atoms with Crippen LogP contribution >= 0.6 is 0 Å². The minimum absolute atomic E-state index is 0.171. The lowest BCUT2D eigenvalue weighted by atomic mass is 9.93. The molecule has 24 heavy (non-hydrogen) atoms. The number of imidazole rings is 1. The van der Waals surface area contributed by atoms with Crippen LogP contribution in [0.1, 0.15) is 37.1 Å². The van der Waals surface area contributed by atoms with Crippen LogP contribution in [0.15, 0.2) is 30.5 Å². The SMILES string of the molecule is O=C(O)CCc1ccc(-c2cnc(CCC3CCNCC3)[nH]2)cc1. The Morgan fingerprint density at radius 2 is 1.92 bits per heavy atom. The summed E-state index contributed by atoms with van der Waals surface area (Å²) in [5.74, 6) is 1.11. The van der Waals surface area contributed by atoms with Gasteiger partial charge in [-0.25, -0.2) is 4.98 Å². The maximum Gasteiger partial charge on any atom is 0.303 e. The lowest BCUT2D eigenvalue weighted by Gasteiger charge is -2.21. The van der Waals surface area contributed by atoms with Crippen LogP contribution < -0.4 is 5.32 Å². The zero-order chi connectivity index (χ0) is 16.8. The highest BCUT2D eigenvalue weighted by Crippen LogP contribution is 2.21. The maximum absolute atomic E-state index is 10.6. The number of H-pyrrole nitrogens is 1. The second-order valence-corrected chi connectivity index (χ2v) is 6.57. The standard InChI is InChI=1S/C19H25N3O2/c23-19(24)8-4-14-1-5-16(6-2-14)17-13-21-18(22-17)7-3-15-9-11-20-12-10-15/h1-2,5-6,13,15,20H,3-4,7-12H2,(H,21,22)(H,23,24). The molecule has 0 amide bonds. The molecule has 0 saturated carbocycles. The van der Waals surface area contributed by atoms with Gasteiger partial charge in [0.05, 0.1) is 11.9 Å². The number of carbonyl (C=O) groups is 1. The Morgan fingerprint density at radius 3 is 2.62 bits per heavy atom. The van der Waals surface area contributed by atoms with E-state index < -0.39 is 5.97 Å². The van der Waals surface area contributed by atoms with Gasteiger partial charge in [-0.2, -0.15) is 0 Å². The first-order valence-corrected chi connectivity index (χ1v) is 8.76.